The Hall–Kier alpha value is -3.35. The molecule has 7 nitrogen and oxygen atoms in total. The molecule has 2 aromatic carbocycles. The Morgan fingerprint density at radius 3 is 2.65 bits per heavy atom. The molecule has 1 aromatic heterocycles. The highest BCUT2D eigenvalue weighted by atomic mass is 16.5. The van der Waals surface area contributed by atoms with Gasteiger partial charge >= 0.3 is 11.7 Å². The number of methoxy groups -OCH3 is 1. The summed E-state index contributed by atoms with van der Waals surface area (Å²) >= 11 is 0. The topological polar surface area (TPSA) is 90.5 Å². The highest BCUT2D eigenvalue weighted by molar-refractivity contribution is 5.94. The lowest BCUT2D eigenvalue weighted by Gasteiger charge is -2.09. The van der Waals surface area contributed by atoms with Gasteiger partial charge in [-0.2, -0.15) is 0 Å². The number of carbonyl (C=O) groups excluding carboxylic acids is 2. The van der Waals surface area contributed by atoms with Gasteiger partial charge in [0.2, 0.25) is 5.91 Å². The summed E-state index contributed by atoms with van der Waals surface area (Å²) in [5.74, 6) is -1.55. The van der Waals surface area contributed by atoms with E-state index >= 15 is 0 Å². The van der Waals surface area contributed by atoms with Crippen LogP contribution >= 0.6 is 0 Å². The summed E-state index contributed by atoms with van der Waals surface area (Å²) in [4.78, 5) is 36.0. The largest absolute Gasteiger partial charge is 0.465 e. The van der Waals surface area contributed by atoms with Crippen molar-refractivity contribution >= 4 is 28.7 Å². The molecule has 0 saturated carbocycles. The predicted octanol–water partition coefficient (Wildman–Crippen LogP) is 2.64. The van der Waals surface area contributed by atoms with Crippen LogP contribution in [-0.2, 0) is 16.1 Å². The average Bonchev–Trinajstić information content (AvgIpc) is 2.92. The zero-order chi connectivity index (χ0) is 18.8. The molecule has 26 heavy (non-hydrogen) atoms. The van der Waals surface area contributed by atoms with E-state index in [4.69, 9.17) is 4.42 Å². The maximum absolute atomic E-state index is 12.4. The summed E-state index contributed by atoms with van der Waals surface area (Å²) in [5, 5.41) is 2.81. The number of oxazole rings is 1. The molecule has 1 N–H and O–H groups in total. The predicted molar refractivity (Wildman–Crippen MR) is 96.4 cm³/mol. The number of anilines is 1. The second-order valence-electron chi connectivity index (χ2n) is 5.99. The summed E-state index contributed by atoms with van der Waals surface area (Å²) in [5.41, 5.74) is 3.56. The lowest BCUT2D eigenvalue weighted by molar-refractivity contribution is -0.116. The minimum atomic E-state index is -0.668. The van der Waals surface area contributed by atoms with Crippen LogP contribution in [0.15, 0.2) is 45.6 Å². The quantitative estimate of drug-likeness (QED) is 0.728. The number of aromatic nitrogens is 1. The number of hydrogen-bond donors (Lipinski definition) is 1. The Morgan fingerprint density at radius 1 is 1.15 bits per heavy atom. The zero-order valence-corrected chi connectivity index (χ0v) is 14.7. The molecule has 0 aliphatic rings. The zero-order valence-electron chi connectivity index (χ0n) is 14.7. The number of rotatable bonds is 4. The molecule has 0 radical (unpaired) electrons. The molecule has 0 bridgehead atoms. The van der Waals surface area contributed by atoms with Crippen molar-refractivity contribution in [2.45, 2.75) is 20.4 Å². The number of esters is 1. The van der Waals surface area contributed by atoms with Crippen LogP contribution in [0, 0.1) is 13.8 Å². The standard InChI is InChI=1S/C19H18N2O5/c1-11-4-5-12(2)14(8-11)20-17(22)10-21-15-7-6-13(18(23)25-3)9-16(15)26-19(21)24/h4-9H,10H2,1-3H3,(H,20,22). The molecular formula is C19H18N2O5. The van der Waals surface area contributed by atoms with Crippen LogP contribution in [0.1, 0.15) is 21.5 Å². The van der Waals surface area contributed by atoms with Gasteiger partial charge in [-0.15, -0.1) is 0 Å². The van der Waals surface area contributed by atoms with Gasteiger partial charge in [-0.25, -0.2) is 9.59 Å². The van der Waals surface area contributed by atoms with Crippen molar-refractivity contribution in [2.24, 2.45) is 0 Å². The van der Waals surface area contributed by atoms with Crippen molar-refractivity contribution in [1.82, 2.24) is 4.57 Å². The fraction of sp³-hybridized carbons (Fsp3) is 0.211. The number of carbonyl (C=O) groups is 2. The van der Waals surface area contributed by atoms with Gasteiger partial charge in [-0.05, 0) is 49.2 Å². The fourth-order valence-corrected chi connectivity index (χ4v) is 2.66. The minimum absolute atomic E-state index is 0.198. The van der Waals surface area contributed by atoms with Crippen LogP contribution in [0.3, 0.4) is 0 Å². The maximum Gasteiger partial charge on any atom is 0.420 e. The van der Waals surface area contributed by atoms with Crippen molar-refractivity contribution in [1.29, 1.82) is 0 Å². The lowest BCUT2D eigenvalue weighted by atomic mass is 10.1. The van der Waals surface area contributed by atoms with E-state index in [1.165, 1.54) is 23.8 Å². The molecule has 3 aromatic rings. The van der Waals surface area contributed by atoms with Gasteiger partial charge in [0.15, 0.2) is 5.58 Å². The lowest BCUT2D eigenvalue weighted by Crippen LogP contribution is -2.25. The first-order chi connectivity index (χ1) is 12.4. The van der Waals surface area contributed by atoms with Gasteiger partial charge in [-0.1, -0.05) is 12.1 Å². The van der Waals surface area contributed by atoms with Gasteiger partial charge in [0.05, 0.1) is 18.2 Å². The third-order valence-corrected chi connectivity index (χ3v) is 4.06. The molecule has 0 aliphatic heterocycles. The Morgan fingerprint density at radius 2 is 1.92 bits per heavy atom. The van der Waals surface area contributed by atoms with E-state index in [2.05, 4.69) is 10.1 Å². The van der Waals surface area contributed by atoms with Crippen LogP contribution < -0.4 is 11.1 Å². The summed E-state index contributed by atoms with van der Waals surface area (Å²) in [6, 6.07) is 10.2. The van der Waals surface area contributed by atoms with E-state index in [9.17, 15) is 14.4 Å². The minimum Gasteiger partial charge on any atom is -0.465 e. The first-order valence-corrected chi connectivity index (χ1v) is 7.98. The van der Waals surface area contributed by atoms with Gasteiger partial charge in [0.25, 0.3) is 0 Å². The van der Waals surface area contributed by atoms with Crippen LogP contribution in [-0.4, -0.2) is 23.6 Å². The molecule has 7 heteroatoms. The summed E-state index contributed by atoms with van der Waals surface area (Å²) in [7, 11) is 1.27. The second-order valence-corrected chi connectivity index (χ2v) is 5.99. The third kappa shape index (κ3) is 3.37. The first-order valence-electron chi connectivity index (χ1n) is 7.98. The van der Waals surface area contributed by atoms with E-state index in [-0.39, 0.29) is 23.6 Å². The van der Waals surface area contributed by atoms with Gasteiger partial charge < -0.3 is 14.5 Å². The van der Waals surface area contributed by atoms with E-state index in [0.29, 0.717) is 11.2 Å². The third-order valence-electron chi connectivity index (χ3n) is 4.06. The number of nitrogens with zero attached hydrogens (tertiary/aromatic N) is 1. The fourth-order valence-electron chi connectivity index (χ4n) is 2.66. The highest BCUT2D eigenvalue weighted by Gasteiger charge is 2.16. The molecule has 0 unspecified atom stereocenters. The molecule has 0 spiro atoms. The van der Waals surface area contributed by atoms with Crippen molar-refractivity contribution < 1.29 is 18.7 Å². The Labute approximate surface area is 149 Å². The monoisotopic (exact) mass is 354 g/mol. The average molecular weight is 354 g/mol. The Kier molecular flexibility index (Phi) is 4.62. The van der Waals surface area contributed by atoms with Crippen molar-refractivity contribution in [3.05, 3.63) is 63.6 Å². The molecule has 134 valence electrons. The number of ether oxygens (including phenoxy) is 1. The smallest absolute Gasteiger partial charge is 0.420 e. The van der Waals surface area contributed by atoms with E-state index in [0.717, 1.165) is 11.1 Å². The summed E-state index contributed by atoms with van der Waals surface area (Å²) in [6.45, 7) is 3.63. The van der Waals surface area contributed by atoms with Crippen molar-refractivity contribution in [2.75, 3.05) is 12.4 Å². The molecule has 0 aliphatic carbocycles. The Bertz CT molecular complexity index is 1060. The maximum atomic E-state index is 12.4. The van der Waals surface area contributed by atoms with Crippen LogP contribution in [0.5, 0.6) is 0 Å². The van der Waals surface area contributed by atoms with Gasteiger partial charge in [0.1, 0.15) is 6.54 Å². The normalized spacial score (nSPS) is 10.7. The summed E-state index contributed by atoms with van der Waals surface area (Å²) < 4.78 is 11.0. The number of hydrogen-bond acceptors (Lipinski definition) is 5. The molecule has 1 amide bonds. The van der Waals surface area contributed by atoms with E-state index < -0.39 is 11.7 Å². The highest BCUT2D eigenvalue weighted by Crippen LogP contribution is 2.18. The van der Waals surface area contributed by atoms with Crippen LogP contribution in [0.25, 0.3) is 11.1 Å². The SMILES string of the molecule is COC(=O)c1ccc2c(c1)oc(=O)n2CC(=O)Nc1cc(C)ccc1C. The second kappa shape index (κ2) is 6.87. The molecule has 1 heterocycles. The number of nitrogens with one attached hydrogen (secondary N) is 1. The molecule has 0 saturated heterocycles. The molecule has 0 fully saturated rings. The number of amides is 1. The van der Waals surface area contributed by atoms with Gasteiger partial charge in [0, 0.05) is 5.69 Å². The van der Waals surface area contributed by atoms with E-state index in [1.807, 2.05) is 32.0 Å². The summed E-state index contributed by atoms with van der Waals surface area (Å²) in [6.07, 6.45) is 0. The molecule has 0 atom stereocenters. The number of aryl methyl sites for hydroxylation is 2. The number of benzene rings is 2. The van der Waals surface area contributed by atoms with Crippen LogP contribution in [0.4, 0.5) is 5.69 Å². The first kappa shape index (κ1) is 17.5. The molecular weight excluding hydrogens is 336 g/mol. The van der Waals surface area contributed by atoms with Gasteiger partial charge in [-0.3, -0.25) is 9.36 Å². The number of fused-ring (bicyclic) bond motifs is 1. The van der Waals surface area contributed by atoms with Crippen molar-refractivity contribution in [3.63, 3.8) is 0 Å². The van der Waals surface area contributed by atoms with Crippen molar-refractivity contribution in [3.8, 4) is 0 Å². The van der Waals surface area contributed by atoms with E-state index in [1.54, 1.807) is 6.07 Å². The Balaban J connectivity index is 1.87. The molecule has 3 rings (SSSR count). The van der Waals surface area contributed by atoms with Crippen LogP contribution in [0.2, 0.25) is 0 Å².